The van der Waals surface area contributed by atoms with Crippen molar-refractivity contribution in [3.8, 4) is 0 Å². The van der Waals surface area contributed by atoms with Crippen molar-refractivity contribution in [2.45, 2.75) is 19.8 Å². The van der Waals surface area contributed by atoms with Crippen LogP contribution in [0, 0.1) is 5.92 Å². The molecular weight excluding hydrogens is 176 g/mol. The van der Waals surface area contributed by atoms with Crippen LogP contribution in [-0.2, 0) is 9.53 Å². The molecule has 1 unspecified atom stereocenters. The summed E-state index contributed by atoms with van der Waals surface area (Å²) >= 11 is 0. The third kappa shape index (κ3) is 3.54. The first-order chi connectivity index (χ1) is 5.81. The van der Waals surface area contributed by atoms with Crippen LogP contribution in [-0.4, -0.2) is 33.9 Å². The van der Waals surface area contributed by atoms with Gasteiger partial charge in [-0.3, -0.25) is 0 Å². The Bertz CT molecular complexity index is 209. The number of aliphatic hydroxyl groups excluding tert-OH is 1. The van der Waals surface area contributed by atoms with Crippen LogP contribution in [0.1, 0.15) is 13.8 Å². The van der Waals surface area contributed by atoms with E-state index < -0.39 is 24.5 Å². The molecule has 76 valence electrons. The Balaban J connectivity index is 4.33. The van der Waals surface area contributed by atoms with Crippen molar-refractivity contribution in [3.63, 3.8) is 0 Å². The van der Waals surface area contributed by atoms with E-state index in [1.165, 1.54) is 13.8 Å². The van der Waals surface area contributed by atoms with Crippen LogP contribution in [0.25, 0.3) is 0 Å². The summed E-state index contributed by atoms with van der Waals surface area (Å²) in [5.74, 6) is -4.54. The summed E-state index contributed by atoms with van der Waals surface area (Å²) in [6.45, 7) is 5.46. The number of aliphatic hydroxyl groups is 3. The zero-order chi connectivity index (χ0) is 10.6. The molecule has 3 N–H and O–H groups in total. The summed E-state index contributed by atoms with van der Waals surface area (Å²) in [5.41, 5.74) is 0.0533. The van der Waals surface area contributed by atoms with Gasteiger partial charge in [-0.1, -0.05) is 13.5 Å². The van der Waals surface area contributed by atoms with Gasteiger partial charge in [0.05, 0.1) is 12.5 Å². The highest BCUT2D eigenvalue weighted by atomic mass is 16.8. The second-order valence-corrected chi connectivity index (χ2v) is 2.91. The molecule has 0 amide bonds. The van der Waals surface area contributed by atoms with Crippen molar-refractivity contribution < 1.29 is 24.9 Å². The first-order valence-corrected chi connectivity index (χ1v) is 3.75. The number of ether oxygens (including phenoxy) is 1. The molecule has 0 aromatic rings. The number of rotatable bonds is 4. The van der Waals surface area contributed by atoms with E-state index in [1.54, 1.807) is 0 Å². The quantitative estimate of drug-likeness (QED) is 0.312. The predicted molar refractivity (Wildman–Crippen MR) is 44.3 cm³/mol. The Morgan fingerprint density at radius 3 is 2.38 bits per heavy atom. The molecule has 0 spiro atoms. The summed E-state index contributed by atoms with van der Waals surface area (Å²) in [7, 11) is 0. The van der Waals surface area contributed by atoms with Crippen LogP contribution in [0.15, 0.2) is 12.2 Å². The van der Waals surface area contributed by atoms with Gasteiger partial charge in [-0.05, 0) is 6.92 Å². The van der Waals surface area contributed by atoms with E-state index >= 15 is 0 Å². The van der Waals surface area contributed by atoms with Crippen molar-refractivity contribution in [2.24, 2.45) is 5.92 Å². The molecule has 0 aliphatic heterocycles. The normalized spacial score (nSPS) is 13.6. The highest BCUT2D eigenvalue weighted by Crippen LogP contribution is 2.16. The highest BCUT2D eigenvalue weighted by Gasteiger charge is 2.35. The van der Waals surface area contributed by atoms with Crippen LogP contribution in [0.5, 0.6) is 0 Å². The highest BCUT2D eigenvalue weighted by molar-refractivity contribution is 5.87. The number of esters is 1. The zero-order valence-corrected chi connectivity index (χ0v) is 7.65. The number of carbonyl (C=O) groups is 1. The molecule has 0 aromatic carbocycles. The van der Waals surface area contributed by atoms with E-state index in [-0.39, 0.29) is 5.57 Å². The molecule has 5 heteroatoms. The molecule has 0 aliphatic carbocycles. The van der Waals surface area contributed by atoms with Gasteiger partial charge in [-0.15, -0.1) is 0 Å². The van der Waals surface area contributed by atoms with Gasteiger partial charge >= 0.3 is 11.9 Å². The van der Waals surface area contributed by atoms with Crippen LogP contribution in [0.3, 0.4) is 0 Å². The lowest BCUT2D eigenvalue weighted by Gasteiger charge is -2.26. The van der Waals surface area contributed by atoms with E-state index in [0.29, 0.717) is 0 Å². The van der Waals surface area contributed by atoms with Crippen LogP contribution in [0.2, 0.25) is 0 Å². The van der Waals surface area contributed by atoms with Crippen LogP contribution < -0.4 is 0 Å². The van der Waals surface area contributed by atoms with Gasteiger partial charge in [-0.25, -0.2) is 4.79 Å². The molecule has 0 aromatic heterocycles. The third-order valence-electron chi connectivity index (χ3n) is 1.51. The Hall–Kier alpha value is -0.910. The molecule has 13 heavy (non-hydrogen) atoms. The molecule has 0 fully saturated rings. The first kappa shape index (κ1) is 12.1. The standard InChI is InChI=1S/C8H14O5/c1-5(2)7(10)13-8(11,12)6(3)4-9/h6,9,11-12H,1,4H2,2-3H3. The molecule has 1 atom stereocenters. The molecule has 0 radical (unpaired) electrons. The first-order valence-electron chi connectivity index (χ1n) is 3.75. The summed E-state index contributed by atoms with van der Waals surface area (Å²) in [5, 5.41) is 26.8. The van der Waals surface area contributed by atoms with Gasteiger partial charge in [0.1, 0.15) is 0 Å². The topological polar surface area (TPSA) is 87.0 Å². The van der Waals surface area contributed by atoms with E-state index in [2.05, 4.69) is 11.3 Å². The van der Waals surface area contributed by atoms with Gasteiger partial charge in [-0.2, -0.15) is 0 Å². The average molecular weight is 190 g/mol. The number of carbonyl (C=O) groups excluding carboxylic acids is 1. The smallest absolute Gasteiger partial charge is 0.337 e. The molecule has 0 aliphatic rings. The van der Waals surface area contributed by atoms with Crippen LogP contribution >= 0.6 is 0 Å². The summed E-state index contributed by atoms with van der Waals surface area (Å²) in [6.07, 6.45) is 0. The summed E-state index contributed by atoms with van der Waals surface area (Å²) in [4.78, 5) is 10.9. The lowest BCUT2D eigenvalue weighted by Crippen LogP contribution is -2.42. The minimum Gasteiger partial charge on any atom is -0.404 e. The second-order valence-electron chi connectivity index (χ2n) is 2.91. The average Bonchev–Trinajstić information content (AvgIpc) is 2.01. The monoisotopic (exact) mass is 190 g/mol. The predicted octanol–water partition coefficient (Wildman–Crippen LogP) is -0.628. The van der Waals surface area contributed by atoms with E-state index in [9.17, 15) is 4.79 Å². The largest absolute Gasteiger partial charge is 0.404 e. The van der Waals surface area contributed by atoms with Crippen molar-refractivity contribution in [1.82, 2.24) is 0 Å². The zero-order valence-electron chi connectivity index (χ0n) is 7.65. The van der Waals surface area contributed by atoms with Crippen LogP contribution in [0.4, 0.5) is 0 Å². The van der Waals surface area contributed by atoms with Gasteiger partial charge in [0.25, 0.3) is 0 Å². The Kier molecular flexibility index (Phi) is 4.06. The number of hydrogen-bond donors (Lipinski definition) is 3. The maximum atomic E-state index is 10.9. The maximum Gasteiger partial charge on any atom is 0.337 e. The Labute approximate surface area is 76.3 Å². The Morgan fingerprint density at radius 2 is 2.08 bits per heavy atom. The lowest BCUT2D eigenvalue weighted by molar-refractivity contribution is -0.345. The molecular formula is C8H14O5. The molecule has 5 nitrogen and oxygen atoms in total. The van der Waals surface area contributed by atoms with E-state index in [0.717, 1.165) is 0 Å². The third-order valence-corrected chi connectivity index (χ3v) is 1.51. The minimum absolute atomic E-state index is 0.0533. The molecule has 0 bridgehead atoms. The van der Waals surface area contributed by atoms with Gasteiger partial charge in [0.2, 0.25) is 0 Å². The van der Waals surface area contributed by atoms with Crippen molar-refractivity contribution in [2.75, 3.05) is 6.61 Å². The fourth-order valence-electron chi connectivity index (χ4n) is 0.443. The summed E-state index contributed by atoms with van der Waals surface area (Å²) in [6, 6.07) is 0. The lowest BCUT2D eigenvalue weighted by atomic mass is 10.1. The molecule has 0 saturated carbocycles. The molecule has 0 rings (SSSR count). The minimum atomic E-state index is -2.65. The molecule has 0 heterocycles. The van der Waals surface area contributed by atoms with E-state index in [4.69, 9.17) is 15.3 Å². The second kappa shape index (κ2) is 4.36. The molecule has 0 saturated heterocycles. The van der Waals surface area contributed by atoms with Crippen molar-refractivity contribution in [1.29, 1.82) is 0 Å². The fourth-order valence-corrected chi connectivity index (χ4v) is 0.443. The Morgan fingerprint density at radius 1 is 1.62 bits per heavy atom. The van der Waals surface area contributed by atoms with Crippen molar-refractivity contribution >= 4 is 5.97 Å². The SMILES string of the molecule is C=C(C)C(=O)OC(O)(O)C(C)CO. The van der Waals surface area contributed by atoms with Gasteiger partial charge in [0, 0.05) is 5.57 Å². The van der Waals surface area contributed by atoms with Crippen molar-refractivity contribution in [3.05, 3.63) is 12.2 Å². The van der Waals surface area contributed by atoms with Gasteiger partial charge < -0.3 is 20.1 Å². The fraction of sp³-hybridized carbons (Fsp3) is 0.625. The number of hydrogen-bond acceptors (Lipinski definition) is 5. The van der Waals surface area contributed by atoms with E-state index in [1.807, 2.05) is 0 Å². The summed E-state index contributed by atoms with van der Waals surface area (Å²) < 4.78 is 4.26. The van der Waals surface area contributed by atoms with Gasteiger partial charge in [0.15, 0.2) is 0 Å². The maximum absolute atomic E-state index is 10.9.